The Bertz CT molecular complexity index is 679. The first kappa shape index (κ1) is 16.1. The van der Waals surface area contributed by atoms with Crippen LogP contribution >= 0.6 is 11.8 Å². The van der Waals surface area contributed by atoms with Gasteiger partial charge in [0.05, 0.1) is 6.10 Å². The van der Waals surface area contributed by atoms with E-state index in [4.69, 9.17) is 10.5 Å². The van der Waals surface area contributed by atoms with Gasteiger partial charge in [0.25, 0.3) is 0 Å². The number of nitrogens with two attached hydrogens (primary N) is 1. The van der Waals surface area contributed by atoms with Gasteiger partial charge in [-0.25, -0.2) is 14.8 Å². The molecule has 1 heterocycles. The first-order valence-corrected chi connectivity index (χ1v) is 7.65. The highest BCUT2D eigenvalue weighted by molar-refractivity contribution is 7.98. The highest BCUT2D eigenvalue weighted by atomic mass is 32.2. The summed E-state index contributed by atoms with van der Waals surface area (Å²) in [5.74, 6) is 0.806. The van der Waals surface area contributed by atoms with Crippen LogP contribution in [0.5, 0.6) is 5.75 Å². The summed E-state index contributed by atoms with van der Waals surface area (Å²) in [4.78, 5) is 19.3. The Balaban J connectivity index is 2.31. The molecule has 4 N–H and O–H groups in total. The van der Waals surface area contributed by atoms with Gasteiger partial charge in [0.15, 0.2) is 5.16 Å². The summed E-state index contributed by atoms with van der Waals surface area (Å²) in [5.41, 5.74) is 6.20. The van der Waals surface area contributed by atoms with E-state index in [0.717, 1.165) is 0 Å². The minimum absolute atomic E-state index is 0.315. The third-order valence-corrected chi connectivity index (χ3v) is 3.30. The number of hydrogen-bond acceptors (Lipinski definition) is 7. The first-order chi connectivity index (χ1) is 10.5. The van der Waals surface area contributed by atoms with Crippen LogP contribution in [0.15, 0.2) is 35.6 Å². The molecule has 0 bridgehead atoms. The molecule has 0 spiro atoms. The fourth-order valence-electron chi connectivity index (χ4n) is 1.77. The molecule has 0 fully saturated rings. The fraction of sp³-hybridized carbons (Fsp3) is 0.214. The number of aliphatic hydroxyl groups excluding tert-OH is 1. The molecule has 1 atom stereocenters. The van der Waals surface area contributed by atoms with Gasteiger partial charge in [-0.05, 0) is 25.3 Å². The molecule has 0 radical (unpaired) electrons. The molecule has 0 aliphatic heterocycles. The van der Waals surface area contributed by atoms with Crippen molar-refractivity contribution >= 4 is 29.4 Å². The number of nitrogens with zero attached hydrogens (tertiary/aromatic N) is 2. The predicted molar refractivity (Wildman–Crippen MR) is 84.4 cm³/mol. The predicted octanol–water partition coefficient (Wildman–Crippen LogP) is 2.45. The standard InChI is InChI=1S/C14H16N4O3S/c1-8(19)11-7-16-14(22-2)18-12(11)17-9-4-3-5-10(6-9)21-13(15)20/h3-8,19H,1-2H3,(H2,15,20)(H,16,17,18). The van der Waals surface area contributed by atoms with Crippen LogP contribution in [0.1, 0.15) is 18.6 Å². The van der Waals surface area contributed by atoms with E-state index in [-0.39, 0.29) is 0 Å². The monoisotopic (exact) mass is 320 g/mol. The smallest absolute Gasteiger partial charge is 0.409 e. The summed E-state index contributed by atoms with van der Waals surface area (Å²) >= 11 is 1.40. The molecule has 1 aromatic carbocycles. The van der Waals surface area contributed by atoms with Gasteiger partial charge in [-0.1, -0.05) is 17.8 Å². The van der Waals surface area contributed by atoms with E-state index in [0.29, 0.717) is 28.0 Å². The molecule has 1 amide bonds. The molecular formula is C14H16N4O3S. The van der Waals surface area contributed by atoms with Crippen molar-refractivity contribution in [3.8, 4) is 5.75 Å². The van der Waals surface area contributed by atoms with Gasteiger partial charge in [0, 0.05) is 23.5 Å². The molecule has 116 valence electrons. The second-order valence-corrected chi connectivity index (χ2v) is 5.18. The maximum Gasteiger partial charge on any atom is 0.409 e. The molecule has 2 aromatic rings. The van der Waals surface area contributed by atoms with E-state index in [1.807, 2.05) is 6.26 Å². The second kappa shape index (κ2) is 7.10. The lowest BCUT2D eigenvalue weighted by Gasteiger charge is -2.14. The number of primary amides is 1. The van der Waals surface area contributed by atoms with Crippen LogP contribution in [0.25, 0.3) is 0 Å². The number of nitrogens with one attached hydrogen (secondary N) is 1. The Hall–Kier alpha value is -2.32. The third-order valence-electron chi connectivity index (χ3n) is 2.74. The van der Waals surface area contributed by atoms with Crippen LogP contribution < -0.4 is 15.8 Å². The fourth-order valence-corrected chi connectivity index (χ4v) is 2.11. The molecule has 2 rings (SSSR count). The van der Waals surface area contributed by atoms with Crippen molar-refractivity contribution in [3.63, 3.8) is 0 Å². The molecule has 0 saturated heterocycles. The van der Waals surface area contributed by atoms with Gasteiger partial charge in [-0.15, -0.1) is 0 Å². The maximum atomic E-state index is 10.8. The maximum absolute atomic E-state index is 10.8. The molecule has 0 saturated carbocycles. The van der Waals surface area contributed by atoms with Crippen molar-refractivity contribution in [1.82, 2.24) is 9.97 Å². The summed E-state index contributed by atoms with van der Waals surface area (Å²) < 4.78 is 4.83. The lowest BCUT2D eigenvalue weighted by atomic mass is 10.2. The zero-order valence-electron chi connectivity index (χ0n) is 12.1. The van der Waals surface area contributed by atoms with Crippen LogP contribution in [0, 0.1) is 0 Å². The van der Waals surface area contributed by atoms with Gasteiger partial charge in [-0.2, -0.15) is 0 Å². The van der Waals surface area contributed by atoms with Crippen LogP contribution in [-0.2, 0) is 0 Å². The average Bonchev–Trinajstić information content (AvgIpc) is 2.46. The normalized spacial score (nSPS) is 11.8. The van der Waals surface area contributed by atoms with Crippen molar-refractivity contribution in [2.24, 2.45) is 5.73 Å². The number of aromatic nitrogens is 2. The van der Waals surface area contributed by atoms with Gasteiger partial charge in [-0.3, -0.25) is 0 Å². The number of benzene rings is 1. The van der Waals surface area contributed by atoms with E-state index in [1.54, 1.807) is 37.4 Å². The van der Waals surface area contributed by atoms with E-state index in [2.05, 4.69) is 15.3 Å². The van der Waals surface area contributed by atoms with Gasteiger partial charge in [0.2, 0.25) is 0 Å². The molecular weight excluding hydrogens is 304 g/mol. The SMILES string of the molecule is CSc1ncc(C(C)O)c(Nc2cccc(OC(N)=O)c2)n1. The van der Waals surface area contributed by atoms with E-state index in [9.17, 15) is 9.90 Å². The number of carbonyl (C=O) groups is 1. The highest BCUT2D eigenvalue weighted by Gasteiger charge is 2.12. The number of rotatable bonds is 5. The number of aliphatic hydroxyl groups is 1. The van der Waals surface area contributed by atoms with Crippen molar-refractivity contribution in [1.29, 1.82) is 0 Å². The van der Waals surface area contributed by atoms with Crippen LogP contribution in [-0.4, -0.2) is 27.4 Å². The van der Waals surface area contributed by atoms with Crippen molar-refractivity contribution in [3.05, 3.63) is 36.0 Å². The highest BCUT2D eigenvalue weighted by Crippen LogP contribution is 2.27. The quantitative estimate of drug-likeness (QED) is 0.573. The molecule has 0 aliphatic rings. The number of thioether (sulfide) groups is 1. The van der Waals surface area contributed by atoms with Crippen LogP contribution in [0.4, 0.5) is 16.3 Å². The van der Waals surface area contributed by atoms with E-state index < -0.39 is 12.2 Å². The number of carbonyl (C=O) groups excluding carboxylic acids is 1. The molecule has 8 heteroatoms. The summed E-state index contributed by atoms with van der Waals surface area (Å²) in [7, 11) is 0. The Kier molecular flexibility index (Phi) is 5.18. The van der Waals surface area contributed by atoms with E-state index in [1.165, 1.54) is 11.8 Å². The summed E-state index contributed by atoms with van der Waals surface area (Å²) in [5, 5.41) is 13.5. The summed E-state index contributed by atoms with van der Waals surface area (Å²) in [6.45, 7) is 1.63. The second-order valence-electron chi connectivity index (χ2n) is 4.41. The molecule has 0 aliphatic carbocycles. The van der Waals surface area contributed by atoms with Crippen molar-refractivity contribution in [2.45, 2.75) is 18.2 Å². The number of amides is 1. The summed E-state index contributed by atoms with van der Waals surface area (Å²) in [6, 6.07) is 6.70. The van der Waals surface area contributed by atoms with Gasteiger partial charge in [0.1, 0.15) is 11.6 Å². The Morgan fingerprint density at radius 3 is 2.91 bits per heavy atom. The van der Waals surface area contributed by atoms with E-state index >= 15 is 0 Å². The van der Waals surface area contributed by atoms with Crippen LogP contribution in [0.3, 0.4) is 0 Å². The molecule has 22 heavy (non-hydrogen) atoms. The van der Waals surface area contributed by atoms with Crippen molar-refractivity contribution < 1.29 is 14.6 Å². The largest absolute Gasteiger partial charge is 0.410 e. The first-order valence-electron chi connectivity index (χ1n) is 6.43. The minimum atomic E-state index is -0.881. The Morgan fingerprint density at radius 1 is 1.50 bits per heavy atom. The van der Waals surface area contributed by atoms with Gasteiger partial charge >= 0.3 is 6.09 Å². The topological polar surface area (TPSA) is 110 Å². The minimum Gasteiger partial charge on any atom is -0.410 e. The molecule has 1 aromatic heterocycles. The molecule has 7 nitrogen and oxygen atoms in total. The zero-order chi connectivity index (χ0) is 16.1. The lowest BCUT2D eigenvalue weighted by Crippen LogP contribution is -2.16. The van der Waals surface area contributed by atoms with Gasteiger partial charge < -0.3 is 20.9 Å². The van der Waals surface area contributed by atoms with Crippen molar-refractivity contribution in [2.75, 3.05) is 11.6 Å². The summed E-state index contributed by atoms with van der Waals surface area (Å²) in [6.07, 6.45) is 1.84. The number of ether oxygens (including phenoxy) is 1. The zero-order valence-corrected chi connectivity index (χ0v) is 12.9. The Morgan fingerprint density at radius 2 is 2.27 bits per heavy atom. The lowest BCUT2D eigenvalue weighted by molar-refractivity contribution is 0.199. The molecule has 1 unspecified atom stereocenters. The Labute approximate surface area is 131 Å². The average molecular weight is 320 g/mol. The van der Waals surface area contributed by atoms with Crippen LogP contribution in [0.2, 0.25) is 0 Å². The number of anilines is 2. The third kappa shape index (κ3) is 4.09. The number of hydrogen-bond donors (Lipinski definition) is 3.